The molecule has 196 valence electrons. The largest absolute Gasteiger partial charge is 0.444 e. The number of carbonyl (C=O) groups excluding carboxylic acids is 3. The highest BCUT2D eigenvalue weighted by atomic mass is 16.6. The highest BCUT2D eigenvalue weighted by molar-refractivity contribution is 5.90. The van der Waals surface area contributed by atoms with E-state index < -0.39 is 17.7 Å². The summed E-state index contributed by atoms with van der Waals surface area (Å²) in [6, 6.07) is 14.6. The summed E-state index contributed by atoms with van der Waals surface area (Å²) in [4.78, 5) is 40.9. The first kappa shape index (κ1) is 28.9. The summed E-state index contributed by atoms with van der Waals surface area (Å²) in [6.07, 6.45) is 1.99. The molecule has 0 saturated heterocycles. The van der Waals surface area contributed by atoms with Crippen LogP contribution in [0.1, 0.15) is 75.3 Å². The number of aryl methyl sites for hydroxylation is 1. The quantitative estimate of drug-likeness (QED) is 0.419. The molecule has 1 atom stereocenters. The molecule has 0 aliphatic rings. The summed E-state index contributed by atoms with van der Waals surface area (Å²) in [5.41, 5.74) is 3.09. The number of nitrogens with one attached hydrogen (secondary N) is 2. The Kier molecular flexibility index (Phi) is 11.0. The maximum absolute atomic E-state index is 13.7. The number of hydrogen-bond acceptors (Lipinski definition) is 4. The van der Waals surface area contributed by atoms with Gasteiger partial charge < -0.3 is 20.3 Å². The summed E-state index contributed by atoms with van der Waals surface area (Å²) in [6.45, 7) is 11.8. The number of carbonyl (C=O) groups is 3. The van der Waals surface area contributed by atoms with Crippen LogP contribution in [-0.2, 0) is 20.9 Å². The molecule has 2 rings (SSSR count). The van der Waals surface area contributed by atoms with Crippen molar-refractivity contribution >= 4 is 17.9 Å². The molecule has 1 unspecified atom stereocenters. The van der Waals surface area contributed by atoms with E-state index in [0.29, 0.717) is 13.1 Å². The van der Waals surface area contributed by atoms with E-state index in [2.05, 4.69) is 17.6 Å². The van der Waals surface area contributed by atoms with Crippen LogP contribution in [0.3, 0.4) is 0 Å². The molecule has 2 N–H and O–H groups in total. The Morgan fingerprint density at radius 2 is 1.64 bits per heavy atom. The summed E-state index contributed by atoms with van der Waals surface area (Å²) < 4.78 is 5.28. The van der Waals surface area contributed by atoms with Gasteiger partial charge in [0.25, 0.3) is 0 Å². The molecular weight excluding hydrogens is 454 g/mol. The summed E-state index contributed by atoms with van der Waals surface area (Å²) >= 11 is 0. The van der Waals surface area contributed by atoms with Gasteiger partial charge in [-0.2, -0.15) is 0 Å². The zero-order chi connectivity index (χ0) is 26.7. The highest BCUT2D eigenvalue weighted by Gasteiger charge is 2.32. The number of unbranched alkanes of at least 4 members (excludes halogenated alkanes) is 2. The lowest BCUT2D eigenvalue weighted by Gasteiger charge is -2.33. The molecule has 0 heterocycles. The topological polar surface area (TPSA) is 87.7 Å². The van der Waals surface area contributed by atoms with Crippen LogP contribution >= 0.6 is 0 Å². The second-order valence-corrected chi connectivity index (χ2v) is 10.0. The normalized spacial score (nSPS) is 11.9. The van der Waals surface area contributed by atoms with Gasteiger partial charge in [0, 0.05) is 13.1 Å². The van der Waals surface area contributed by atoms with Gasteiger partial charge in [-0.1, -0.05) is 68.3 Å². The fraction of sp³-hybridized carbons (Fsp3) is 0.483. The first-order valence-corrected chi connectivity index (χ1v) is 12.7. The third-order valence-electron chi connectivity index (χ3n) is 5.92. The van der Waals surface area contributed by atoms with Gasteiger partial charge in [-0.05, 0) is 63.3 Å². The van der Waals surface area contributed by atoms with Crippen LogP contribution in [0.5, 0.6) is 0 Å². The second kappa shape index (κ2) is 13.7. The van der Waals surface area contributed by atoms with Gasteiger partial charge in [0.1, 0.15) is 18.2 Å². The molecule has 0 radical (unpaired) electrons. The molecule has 7 nitrogen and oxygen atoms in total. The van der Waals surface area contributed by atoms with E-state index in [1.165, 1.54) is 0 Å². The van der Waals surface area contributed by atoms with E-state index in [9.17, 15) is 14.4 Å². The van der Waals surface area contributed by atoms with Gasteiger partial charge in [0.05, 0.1) is 0 Å². The number of alkyl carbamates (subject to hydrolysis) is 1. The van der Waals surface area contributed by atoms with Crippen LogP contribution in [0.25, 0.3) is 0 Å². The van der Waals surface area contributed by atoms with Crippen molar-refractivity contribution in [3.8, 4) is 0 Å². The Labute approximate surface area is 215 Å². The lowest BCUT2D eigenvalue weighted by atomic mass is 9.95. The van der Waals surface area contributed by atoms with Crippen molar-refractivity contribution in [2.45, 2.75) is 79.0 Å². The summed E-state index contributed by atoms with van der Waals surface area (Å²) in [5.74, 6) is -0.590. The van der Waals surface area contributed by atoms with E-state index in [4.69, 9.17) is 4.74 Å². The van der Waals surface area contributed by atoms with Crippen molar-refractivity contribution in [3.05, 3.63) is 70.8 Å². The molecule has 0 saturated carbocycles. The van der Waals surface area contributed by atoms with Crippen LogP contribution in [0, 0.1) is 13.8 Å². The Bertz CT molecular complexity index is 1010. The van der Waals surface area contributed by atoms with Crippen LogP contribution in [0.15, 0.2) is 48.5 Å². The number of nitrogens with zero attached hydrogens (tertiary/aromatic N) is 1. The molecule has 0 fully saturated rings. The molecule has 36 heavy (non-hydrogen) atoms. The monoisotopic (exact) mass is 495 g/mol. The molecule has 0 aliphatic carbocycles. The molecular formula is C29H41N3O4. The van der Waals surface area contributed by atoms with Gasteiger partial charge in [0.15, 0.2) is 0 Å². The van der Waals surface area contributed by atoms with E-state index in [0.717, 1.165) is 41.5 Å². The van der Waals surface area contributed by atoms with E-state index in [-0.39, 0.29) is 18.4 Å². The number of rotatable bonds is 11. The Hall–Kier alpha value is -3.35. The average Bonchev–Trinajstić information content (AvgIpc) is 2.82. The molecule has 2 aromatic rings. The van der Waals surface area contributed by atoms with Crippen molar-refractivity contribution in [1.82, 2.24) is 15.5 Å². The standard InChI is InChI=1S/C29H41N3O4/c1-7-8-12-18-32(25(33)20-31-28(35)36-29(4,5)6)26(24-17-13-14-21(2)22(24)3)27(34)30-19-23-15-10-9-11-16-23/h9-11,13-17,26H,7-8,12,18-20H2,1-6H3,(H,30,34)(H,31,35). The molecule has 7 heteroatoms. The zero-order valence-electron chi connectivity index (χ0n) is 22.5. The van der Waals surface area contributed by atoms with Crippen molar-refractivity contribution in [2.24, 2.45) is 0 Å². The van der Waals surface area contributed by atoms with Gasteiger partial charge in [-0.25, -0.2) is 4.79 Å². The van der Waals surface area contributed by atoms with E-state index >= 15 is 0 Å². The molecule has 0 bridgehead atoms. The molecule has 2 aromatic carbocycles. The van der Waals surface area contributed by atoms with Crippen molar-refractivity contribution in [2.75, 3.05) is 13.1 Å². The number of hydrogen-bond donors (Lipinski definition) is 2. The third kappa shape index (κ3) is 9.02. The molecule has 0 aliphatic heterocycles. The minimum absolute atomic E-state index is 0.255. The highest BCUT2D eigenvalue weighted by Crippen LogP contribution is 2.27. The first-order valence-electron chi connectivity index (χ1n) is 12.7. The maximum atomic E-state index is 13.7. The zero-order valence-corrected chi connectivity index (χ0v) is 22.5. The predicted molar refractivity (Wildman–Crippen MR) is 142 cm³/mol. The average molecular weight is 496 g/mol. The summed E-state index contributed by atoms with van der Waals surface area (Å²) in [5, 5.41) is 5.58. The number of benzene rings is 2. The van der Waals surface area contributed by atoms with Crippen LogP contribution in [-0.4, -0.2) is 41.5 Å². The minimum atomic E-state index is -0.821. The lowest BCUT2D eigenvalue weighted by molar-refractivity contribution is -0.140. The molecule has 0 aromatic heterocycles. The van der Waals surface area contributed by atoms with E-state index in [1.807, 2.05) is 62.4 Å². The lowest BCUT2D eigenvalue weighted by Crippen LogP contribution is -2.48. The van der Waals surface area contributed by atoms with Crippen molar-refractivity contribution < 1.29 is 19.1 Å². The van der Waals surface area contributed by atoms with E-state index in [1.54, 1.807) is 25.7 Å². The number of amides is 3. The van der Waals surface area contributed by atoms with Crippen molar-refractivity contribution in [3.63, 3.8) is 0 Å². The van der Waals surface area contributed by atoms with Gasteiger partial charge >= 0.3 is 6.09 Å². The first-order chi connectivity index (χ1) is 17.0. The van der Waals surface area contributed by atoms with Gasteiger partial charge in [-0.3, -0.25) is 9.59 Å². The minimum Gasteiger partial charge on any atom is -0.444 e. The molecule has 0 spiro atoms. The summed E-state index contributed by atoms with van der Waals surface area (Å²) in [7, 11) is 0. The van der Waals surface area contributed by atoms with Gasteiger partial charge in [0.2, 0.25) is 11.8 Å². The number of ether oxygens (including phenoxy) is 1. The molecule has 3 amide bonds. The van der Waals surface area contributed by atoms with Gasteiger partial charge in [-0.15, -0.1) is 0 Å². The van der Waals surface area contributed by atoms with Crippen LogP contribution < -0.4 is 10.6 Å². The Balaban J connectivity index is 2.35. The smallest absolute Gasteiger partial charge is 0.408 e. The Morgan fingerprint density at radius 3 is 2.28 bits per heavy atom. The predicted octanol–water partition coefficient (Wildman–Crippen LogP) is 5.20. The SMILES string of the molecule is CCCCCN(C(=O)CNC(=O)OC(C)(C)C)C(C(=O)NCc1ccccc1)c1cccc(C)c1C. The second-order valence-electron chi connectivity index (χ2n) is 10.0. The Morgan fingerprint density at radius 1 is 0.944 bits per heavy atom. The maximum Gasteiger partial charge on any atom is 0.408 e. The van der Waals surface area contributed by atoms with Crippen molar-refractivity contribution in [1.29, 1.82) is 0 Å². The van der Waals surface area contributed by atoms with Crippen LogP contribution in [0.4, 0.5) is 4.79 Å². The fourth-order valence-corrected chi connectivity index (χ4v) is 3.90. The third-order valence-corrected chi connectivity index (χ3v) is 5.92. The van der Waals surface area contributed by atoms with Crippen LogP contribution in [0.2, 0.25) is 0 Å². The fourth-order valence-electron chi connectivity index (χ4n) is 3.90.